The SMILES string of the molecule is CC(NCC(F)(F)CO)c1ccco1. The lowest BCUT2D eigenvalue weighted by Gasteiger charge is -2.17. The maximum Gasteiger partial charge on any atom is 0.282 e. The fraction of sp³-hybridized carbons (Fsp3) is 0.556. The van der Waals surface area contributed by atoms with Crippen LogP contribution in [0.2, 0.25) is 0 Å². The number of halogens is 2. The highest BCUT2D eigenvalue weighted by Gasteiger charge is 2.28. The van der Waals surface area contributed by atoms with Crippen LogP contribution in [0, 0.1) is 0 Å². The largest absolute Gasteiger partial charge is 0.468 e. The molecule has 1 unspecified atom stereocenters. The Morgan fingerprint density at radius 3 is 2.86 bits per heavy atom. The highest BCUT2D eigenvalue weighted by Crippen LogP contribution is 2.15. The first-order valence-electron chi connectivity index (χ1n) is 4.30. The van der Waals surface area contributed by atoms with Crippen molar-refractivity contribution in [3.05, 3.63) is 24.2 Å². The van der Waals surface area contributed by atoms with E-state index >= 15 is 0 Å². The van der Waals surface area contributed by atoms with Gasteiger partial charge in [0.05, 0.1) is 18.8 Å². The van der Waals surface area contributed by atoms with E-state index in [0.717, 1.165) is 0 Å². The number of aliphatic hydroxyl groups excluding tert-OH is 1. The van der Waals surface area contributed by atoms with E-state index in [1.54, 1.807) is 19.1 Å². The molecule has 1 heterocycles. The van der Waals surface area contributed by atoms with Crippen LogP contribution < -0.4 is 5.32 Å². The molecule has 1 aromatic heterocycles. The Hall–Kier alpha value is -0.940. The van der Waals surface area contributed by atoms with E-state index in [2.05, 4.69) is 5.32 Å². The van der Waals surface area contributed by atoms with Crippen molar-refractivity contribution in [2.75, 3.05) is 13.2 Å². The van der Waals surface area contributed by atoms with Gasteiger partial charge in [0.25, 0.3) is 5.92 Å². The standard InChI is InChI=1S/C9H13F2NO2/c1-7(8-3-2-4-14-8)12-5-9(10,11)6-13/h2-4,7,12-13H,5-6H2,1H3. The van der Waals surface area contributed by atoms with Gasteiger partial charge in [-0.3, -0.25) is 0 Å². The number of rotatable bonds is 5. The summed E-state index contributed by atoms with van der Waals surface area (Å²) < 4.78 is 30.2. The molecule has 1 atom stereocenters. The van der Waals surface area contributed by atoms with E-state index < -0.39 is 19.1 Å². The minimum absolute atomic E-state index is 0.289. The first-order chi connectivity index (χ1) is 6.55. The zero-order chi connectivity index (χ0) is 10.6. The van der Waals surface area contributed by atoms with Gasteiger partial charge in [0, 0.05) is 0 Å². The van der Waals surface area contributed by atoms with Crippen LogP contribution in [-0.2, 0) is 0 Å². The molecule has 0 aliphatic rings. The van der Waals surface area contributed by atoms with Gasteiger partial charge in [0.2, 0.25) is 0 Å². The summed E-state index contributed by atoms with van der Waals surface area (Å²) in [6, 6.07) is 3.11. The molecule has 0 fully saturated rings. The fourth-order valence-corrected chi connectivity index (χ4v) is 0.997. The van der Waals surface area contributed by atoms with Gasteiger partial charge in [-0.1, -0.05) is 0 Å². The molecule has 0 saturated carbocycles. The lowest BCUT2D eigenvalue weighted by molar-refractivity contribution is -0.0493. The van der Waals surface area contributed by atoms with Crippen molar-refractivity contribution < 1.29 is 18.3 Å². The Morgan fingerprint density at radius 2 is 2.36 bits per heavy atom. The summed E-state index contributed by atoms with van der Waals surface area (Å²) >= 11 is 0. The number of hydrogen-bond acceptors (Lipinski definition) is 3. The number of aliphatic hydroxyl groups is 1. The molecule has 0 amide bonds. The number of furan rings is 1. The molecule has 2 N–H and O–H groups in total. The van der Waals surface area contributed by atoms with Crippen LogP contribution in [0.5, 0.6) is 0 Å². The molecule has 0 bridgehead atoms. The molecule has 5 heteroatoms. The van der Waals surface area contributed by atoms with E-state index in [1.165, 1.54) is 6.26 Å². The van der Waals surface area contributed by atoms with Gasteiger partial charge in [-0.05, 0) is 19.1 Å². The molecule has 0 aromatic carbocycles. The second-order valence-electron chi connectivity index (χ2n) is 3.13. The third kappa shape index (κ3) is 3.08. The average Bonchev–Trinajstić information content (AvgIpc) is 2.67. The normalized spacial score (nSPS) is 14.3. The van der Waals surface area contributed by atoms with E-state index in [1.807, 2.05) is 0 Å². The zero-order valence-corrected chi connectivity index (χ0v) is 7.84. The predicted octanol–water partition coefficient (Wildman–Crippen LogP) is 1.56. The summed E-state index contributed by atoms with van der Waals surface area (Å²) in [5.74, 6) is -2.49. The van der Waals surface area contributed by atoms with Crippen LogP contribution in [0.1, 0.15) is 18.7 Å². The Kier molecular flexibility index (Phi) is 3.60. The minimum Gasteiger partial charge on any atom is -0.468 e. The Balaban J connectivity index is 2.39. The highest BCUT2D eigenvalue weighted by molar-refractivity contribution is 5.03. The van der Waals surface area contributed by atoms with Crippen LogP contribution in [0.15, 0.2) is 22.8 Å². The second-order valence-corrected chi connectivity index (χ2v) is 3.13. The molecule has 14 heavy (non-hydrogen) atoms. The molecule has 0 radical (unpaired) electrons. The van der Waals surface area contributed by atoms with Crippen molar-refractivity contribution in [1.29, 1.82) is 0 Å². The predicted molar refractivity (Wildman–Crippen MR) is 47.2 cm³/mol. The van der Waals surface area contributed by atoms with E-state index in [-0.39, 0.29) is 6.04 Å². The molecule has 0 aliphatic carbocycles. The van der Waals surface area contributed by atoms with Crippen LogP contribution in [0.3, 0.4) is 0 Å². The summed E-state index contributed by atoms with van der Waals surface area (Å²) in [6.45, 7) is 0.00251. The molecule has 3 nitrogen and oxygen atoms in total. The van der Waals surface area contributed by atoms with Gasteiger partial charge in [0.1, 0.15) is 12.4 Å². The van der Waals surface area contributed by atoms with E-state index in [9.17, 15) is 8.78 Å². The summed E-state index contributed by atoms with van der Waals surface area (Å²) in [7, 11) is 0. The number of nitrogens with one attached hydrogen (secondary N) is 1. The van der Waals surface area contributed by atoms with Gasteiger partial charge < -0.3 is 14.8 Å². The molecule has 0 spiro atoms. The Bertz CT molecular complexity index is 262. The van der Waals surface area contributed by atoms with Crippen LogP contribution >= 0.6 is 0 Å². The van der Waals surface area contributed by atoms with E-state index in [4.69, 9.17) is 9.52 Å². The van der Waals surface area contributed by atoms with Crippen LogP contribution in [0.25, 0.3) is 0 Å². The smallest absolute Gasteiger partial charge is 0.282 e. The lowest BCUT2D eigenvalue weighted by Crippen LogP contribution is -2.36. The minimum atomic E-state index is -3.08. The molecule has 1 aromatic rings. The maximum absolute atomic E-state index is 12.6. The second kappa shape index (κ2) is 4.52. The number of hydrogen-bond donors (Lipinski definition) is 2. The van der Waals surface area contributed by atoms with Gasteiger partial charge in [-0.2, -0.15) is 0 Å². The molecule has 0 saturated heterocycles. The summed E-state index contributed by atoms with van der Waals surface area (Å²) in [4.78, 5) is 0. The summed E-state index contributed by atoms with van der Waals surface area (Å²) in [5.41, 5.74) is 0. The molecule has 0 aliphatic heterocycles. The highest BCUT2D eigenvalue weighted by atomic mass is 19.3. The average molecular weight is 205 g/mol. The maximum atomic E-state index is 12.6. The van der Waals surface area contributed by atoms with Crippen molar-refractivity contribution in [3.63, 3.8) is 0 Å². The molecule has 80 valence electrons. The first kappa shape index (κ1) is 11.1. The van der Waals surface area contributed by atoms with E-state index in [0.29, 0.717) is 5.76 Å². The van der Waals surface area contributed by atoms with Gasteiger partial charge in [-0.25, -0.2) is 8.78 Å². The van der Waals surface area contributed by atoms with Gasteiger partial charge in [0.15, 0.2) is 0 Å². The van der Waals surface area contributed by atoms with Crippen molar-refractivity contribution in [2.24, 2.45) is 0 Å². The third-order valence-electron chi connectivity index (χ3n) is 1.87. The first-order valence-corrected chi connectivity index (χ1v) is 4.30. The quantitative estimate of drug-likeness (QED) is 0.766. The van der Waals surface area contributed by atoms with Gasteiger partial charge in [-0.15, -0.1) is 0 Å². The lowest BCUT2D eigenvalue weighted by atomic mass is 10.2. The number of alkyl halides is 2. The molecular weight excluding hydrogens is 192 g/mol. The Morgan fingerprint density at radius 1 is 1.64 bits per heavy atom. The topological polar surface area (TPSA) is 45.4 Å². The van der Waals surface area contributed by atoms with Crippen molar-refractivity contribution in [1.82, 2.24) is 5.32 Å². The van der Waals surface area contributed by atoms with Crippen molar-refractivity contribution in [2.45, 2.75) is 18.9 Å². The summed E-state index contributed by atoms with van der Waals surface area (Å²) in [5, 5.41) is 10.9. The monoisotopic (exact) mass is 205 g/mol. The summed E-state index contributed by atoms with van der Waals surface area (Å²) in [6.07, 6.45) is 1.48. The fourth-order valence-electron chi connectivity index (χ4n) is 0.997. The van der Waals surface area contributed by atoms with Crippen LogP contribution in [0.4, 0.5) is 8.78 Å². The molecule has 1 rings (SSSR count). The van der Waals surface area contributed by atoms with Gasteiger partial charge >= 0.3 is 0 Å². The molecular formula is C9H13F2NO2. The van der Waals surface area contributed by atoms with Crippen molar-refractivity contribution in [3.8, 4) is 0 Å². The van der Waals surface area contributed by atoms with Crippen LogP contribution in [-0.4, -0.2) is 24.2 Å². The zero-order valence-electron chi connectivity index (χ0n) is 7.84. The third-order valence-corrected chi connectivity index (χ3v) is 1.87. The Labute approximate surface area is 80.7 Å². The van der Waals surface area contributed by atoms with Crippen molar-refractivity contribution >= 4 is 0 Å².